The summed E-state index contributed by atoms with van der Waals surface area (Å²) >= 11 is 6.23. The molecule has 3 rings (SSSR count). The molecule has 1 saturated carbocycles. The third-order valence-corrected chi connectivity index (χ3v) is 4.57. The van der Waals surface area contributed by atoms with Crippen LogP contribution in [0.15, 0.2) is 30.5 Å². The van der Waals surface area contributed by atoms with E-state index in [1.165, 1.54) is 12.8 Å². The van der Waals surface area contributed by atoms with Gasteiger partial charge >= 0.3 is 0 Å². The van der Waals surface area contributed by atoms with Gasteiger partial charge < -0.3 is 5.32 Å². The summed E-state index contributed by atoms with van der Waals surface area (Å²) in [4.78, 5) is 4.45. The van der Waals surface area contributed by atoms with Crippen LogP contribution in [0.3, 0.4) is 0 Å². The van der Waals surface area contributed by atoms with Crippen molar-refractivity contribution >= 4 is 28.2 Å². The fraction of sp³-hybridized carbons (Fsp3) is 0.412. The van der Waals surface area contributed by atoms with Crippen LogP contribution in [0.4, 0.5) is 5.69 Å². The number of benzene rings is 1. The van der Waals surface area contributed by atoms with Crippen molar-refractivity contribution in [2.24, 2.45) is 5.92 Å². The van der Waals surface area contributed by atoms with Gasteiger partial charge in [0.15, 0.2) is 0 Å². The van der Waals surface area contributed by atoms with E-state index in [0.717, 1.165) is 35.9 Å². The first kappa shape index (κ1) is 14.2. The number of halogens is 1. The number of rotatable bonds is 2. The number of anilines is 1. The van der Waals surface area contributed by atoms with Crippen LogP contribution in [-0.2, 0) is 0 Å². The highest BCUT2D eigenvalue weighted by Gasteiger charge is 2.24. The normalized spacial score (nSPS) is 22.5. The average molecular weight is 300 g/mol. The first-order valence-electron chi connectivity index (χ1n) is 7.49. The molecule has 0 amide bonds. The summed E-state index contributed by atoms with van der Waals surface area (Å²) in [5.74, 6) is 0.0712. The molecule has 4 heteroatoms. The summed E-state index contributed by atoms with van der Waals surface area (Å²) in [6.45, 7) is 0. The molecule has 0 aliphatic heterocycles. The zero-order chi connectivity index (χ0) is 14.7. The zero-order valence-electron chi connectivity index (χ0n) is 11.8. The van der Waals surface area contributed by atoms with Crippen molar-refractivity contribution in [3.05, 3.63) is 35.5 Å². The Morgan fingerprint density at radius 1 is 1.19 bits per heavy atom. The Labute approximate surface area is 129 Å². The van der Waals surface area contributed by atoms with Gasteiger partial charge in [0.1, 0.15) is 0 Å². The summed E-state index contributed by atoms with van der Waals surface area (Å²) in [6, 6.07) is 10.4. The fourth-order valence-electron chi connectivity index (χ4n) is 3.09. The Balaban J connectivity index is 1.94. The van der Waals surface area contributed by atoms with E-state index in [1.54, 1.807) is 6.20 Å². The number of nitriles is 1. The number of hydrogen-bond donors (Lipinski definition) is 1. The van der Waals surface area contributed by atoms with Crippen LogP contribution in [0, 0.1) is 17.2 Å². The van der Waals surface area contributed by atoms with Gasteiger partial charge in [-0.15, -0.1) is 0 Å². The van der Waals surface area contributed by atoms with Crippen LogP contribution >= 0.6 is 11.6 Å². The minimum atomic E-state index is 0.0712. The van der Waals surface area contributed by atoms with E-state index in [9.17, 15) is 5.26 Å². The number of hydrogen-bond acceptors (Lipinski definition) is 3. The lowest BCUT2D eigenvalue weighted by atomic mass is 9.96. The SMILES string of the molecule is N#CC1CCCCCC1Nc1ccc(Cl)c2cccnc12. The van der Waals surface area contributed by atoms with Crippen molar-refractivity contribution in [1.29, 1.82) is 5.26 Å². The highest BCUT2D eigenvalue weighted by molar-refractivity contribution is 6.35. The minimum Gasteiger partial charge on any atom is -0.379 e. The van der Waals surface area contributed by atoms with Crippen LogP contribution in [-0.4, -0.2) is 11.0 Å². The highest BCUT2D eigenvalue weighted by Crippen LogP contribution is 2.31. The molecule has 1 aromatic heterocycles. The molecule has 3 nitrogen and oxygen atoms in total. The largest absolute Gasteiger partial charge is 0.379 e. The molecule has 0 radical (unpaired) electrons. The molecule has 1 aliphatic rings. The lowest BCUT2D eigenvalue weighted by Crippen LogP contribution is -2.27. The molecule has 1 heterocycles. The summed E-state index contributed by atoms with van der Waals surface area (Å²) < 4.78 is 0. The number of nitrogens with zero attached hydrogens (tertiary/aromatic N) is 2. The molecule has 0 saturated heterocycles. The molecular weight excluding hydrogens is 282 g/mol. The van der Waals surface area contributed by atoms with E-state index < -0.39 is 0 Å². The molecule has 1 aliphatic carbocycles. The second kappa shape index (κ2) is 6.32. The lowest BCUT2D eigenvalue weighted by molar-refractivity contribution is 0.514. The minimum absolute atomic E-state index is 0.0712. The second-order valence-corrected chi connectivity index (χ2v) is 6.03. The molecule has 2 unspecified atom stereocenters. The van der Waals surface area contributed by atoms with Crippen LogP contribution in [0.25, 0.3) is 10.9 Å². The maximum Gasteiger partial charge on any atom is 0.0948 e. The number of nitrogens with one attached hydrogen (secondary N) is 1. The van der Waals surface area contributed by atoms with Crippen molar-refractivity contribution in [2.45, 2.75) is 38.1 Å². The number of fused-ring (bicyclic) bond motifs is 1. The second-order valence-electron chi connectivity index (χ2n) is 5.62. The first-order valence-corrected chi connectivity index (χ1v) is 7.87. The molecule has 0 bridgehead atoms. The summed E-state index contributed by atoms with van der Waals surface area (Å²) in [5.41, 5.74) is 1.85. The van der Waals surface area contributed by atoms with Crippen LogP contribution in [0.2, 0.25) is 5.02 Å². The highest BCUT2D eigenvalue weighted by atomic mass is 35.5. The molecule has 2 aromatic rings. The summed E-state index contributed by atoms with van der Waals surface area (Å²) in [7, 11) is 0. The molecule has 2 atom stereocenters. The van der Waals surface area contributed by atoms with Gasteiger partial charge in [0.25, 0.3) is 0 Å². The van der Waals surface area contributed by atoms with Crippen LogP contribution in [0.1, 0.15) is 32.1 Å². The van der Waals surface area contributed by atoms with Gasteiger partial charge in [-0.05, 0) is 37.1 Å². The molecule has 1 N–H and O–H groups in total. The van der Waals surface area contributed by atoms with E-state index in [1.807, 2.05) is 24.3 Å². The Bertz CT molecular complexity index is 677. The van der Waals surface area contributed by atoms with Gasteiger partial charge in [0.05, 0.1) is 28.2 Å². The third kappa shape index (κ3) is 2.96. The standard InChI is InChI=1S/C17H18ClN3/c18-14-8-9-16(17-13(14)6-4-10-20-17)21-15-7-3-1-2-5-12(15)11-19/h4,6,8-10,12,15,21H,1-3,5,7H2. The zero-order valence-corrected chi connectivity index (χ0v) is 12.6. The van der Waals surface area contributed by atoms with Crippen LogP contribution in [0.5, 0.6) is 0 Å². The van der Waals surface area contributed by atoms with Gasteiger partial charge in [-0.1, -0.05) is 30.9 Å². The van der Waals surface area contributed by atoms with Gasteiger partial charge in [-0.25, -0.2) is 0 Å². The van der Waals surface area contributed by atoms with Crippen LogP contribution < -0.4 is 5.32 Å². The fourth-order valence-corrected chi connectivity index (χ4v) is 3.30. The topological polar surface area (TPSA) is 48.7 Å². The Hall–Kier alpha value is -1.79. The van der Waals surface area contributed by atoms with Gasteiger partial charge in [-0.2, -0.15) is 5.26 Å². The average Bonchev–Trinajstić information content (AvgIpc) is 2.75. The summed E-state index contributed by atoms with van der Waals surface area (Å²) in [6.07, 6.45) is 7.34. The Morgan fingerprint density at radius 2 is 2.05 bits per heavy atom. The predicted molar refractivity (Wildman–Crippen MR) is 86.4 cm³/mol. The quantitative estimate of drug-likeness (QED) is 0.812. The molecular formula is C17H18ClN3. The van der Waals surface area contributed by atoms with E-state index in [2.05, 4.69) is 16.4 Å². The summed E-state index contributed by atoms with van der Waals surface area (Å²) in [5, 5.41) is 14.6. The van der Waals surface area contributed by atoms with Crippen molar-refractivity contribution in [3.8, 4) is 6.07 Å². The number of pyridine rings is 1. The monoisotopic (exact) mass is 299 g/mol. The van der Waals surface area contributed by atoms with Crippen molar-refractivity contribution in [1.82, 2.24) is 4.98 Å². The van der Waals surface area contributed by atoms with Crippen molar-refractivity contribution < 1.29 is 0 Å². The lowest BCUT2D eigenvalue weighted by Gasteiger charge is -2.23. The van der Waals surface area contributed by atoms with Gasteiger partial charge in [0.2, 0.25) is 0 Å². The molecule has 0 spiro atoms. The number of aromatic nitrogens is 1. The molecule has 1 fully saturated rings. The maximum atomic E-state index is 9.40. The van der Waals surface area contributed by atoms with E-state index >= 15 is 0 Å². The van der Waals surface area contributed by atoms with Crippen molar-refractivity contribution in [2.75, 3.05) is 5.32 Å². The third-order valence-electron chi connectivity index (χ3n) is 4.24. The molecule has 21 heavy (non-hydrogen) atoms. The van der Waals surface area contributed by atoms with Gasteiger partial charge in [0, 0.05) is 17.6 Å². The predicted octanol–water partition coefficient (Wildman–Crippen LogP) is 4.77. The smallest absolute Gasteiger partial charge is 0.0948 e. The van der Waals surface area contributed by atoms with E-state index in [4.69, 9.17) is 11.6 Å². The Kier molecular flexibility index (Phi) is 4.26. The van der Waals surface area contributed by atoms with E-state index in [0.29, 0.717) is 5.02 Å². The van der Waals surface area contributed by atoms with Crippen molar-refractivity contribution in [3.63, 3.8) is 0 Å². The molecule has 1 aromatic carbocycles. The van der Waals surface area contributed by atoms with E-state index in [-0.39, 0.29) is 12.0 Å². The Morgan fingerprint density at radius 3 is 2.90 bits per heavy atom. The molecule has 108 valence electrons. The maximum absolute atomic E-state index is 9.40. The first-order chi connectivity index (χ1) is 10.3. The van der Waals surface area contributed by atoms with Gasteiger partial charge in [-0.3, -0.25) is 4.98 Å².